The Kier molecular flexibility index (Phi) is 7.09. The van der Waals surface area contributed by atoms with E-state index in [-0.39, 0.29) is 42.1 Å². The highest BCUT2D eigenvalue weighted by Gasteiger charge is 2.68. The number of hydrogen-bond donors (Lipinski definition) is 2. The molecule has 5 aliphatic carbocycles. The molecular formula is C30H52BN3O4. The summed E-state index contributed by atoms with van der Waals surface area (Å²) in [4.78, 5) is 28.8. The highest BCUT2D eigenvalue weighted by molar-refractivity contribution is 6.45. The summed E-state index contributed by atoms with van der Waals surface area (Å²) >= 11 is 0. The molecule has 6 fully saturated rings. The standard InChI is InChI=1S/C30H52BN3O4/c1-18(35)32-30(26(36)33-27(2,3)4)17-19-13-21(34(8)9)16-22(19)23(30)11-10-12-31-37-25-15-20-14-24(28(20,5)6)29(25,7)38-31/h19-25H,10-17H2,1-9H3,(H,32,35)(H,33,36)/t19-,20+,21-,22-,23+,24+,25-,29+,30+/m1/s1. The Bertz CT molecular complexity index is 950. The van der Waals surface area contributed by atoms with Gasteiger partial charge in [0, 0.05) is 18.5 Å². The Balaban J connectivity index is 1.31. The van der Waals surface area contributed by atoms with Crippen molar-refractivity contribution in [1.29, 1.82) is 0 Å². The van der Waals surface area contributed by atoms with Gasteiger partial charge in [0.15, 0.2) is 0 Å². The van der Waals surface area contributed by atoms with Gasteiger partial charge in [-0.2, -0.15) is 0 Å². The average Bonchev–Trinajstić information content (AvgIpc) is 3.41. The minimum atomic E-state index is -0.853. The molecule has 6 aliphatic rings. The van der Waals surface area contributed by atoms with Crippen LogP contribution in [0, 0.1) is 35.0 Å². The van der Waals surface area contributed by atoms with Crippen molar-refractivity contribution < 1.29 is 18.9 Å². The third-order valence-corrected chi connectivity index (χ3v) is 11.4. The van der Waals surface area contributed by atoms with Gasteiger partial charge in [-0.3, -0.25) is 9.59 Å². The highest BCUT2D eigenvalue weighted by Crippen LogP contribution is 2.66. The lowest BCUT2D eigenvalue weighted by Crippen LogP contribution is -2.65. The second-order valence-corrected chi connectivity index (χ2v) is 15.5. The number of fused-ring (bicyclic) bond motifs is 1. The fourth-order valence-electron chi connectivity index (χ4n) is 9.47. The maximum Gasteiger partial charge on any atom is 0.457 e. The molecule has 0 radical (unpaired) electrons. The first kappa shape index (κ1) is 28.4. The average molecular weight is 530 g/mol. The van der Waals surface area contributed by atoms with Gasteiger partial charge < -0.3 is 24.8 Å². The molecule has 214 valence electrons. The summed E-state index contributed by atoms with van der Waals surface area (Å²) in [6.07, 6.45) is 8.12. The topological polar surface area (TPSA) is 79.9 Å². The summed E-state index contributed by atoms with van der Waals surface area (Å²) < 4.78 is 13.2. The van der Waals surface area contributed by atoms with E-state index in [1.165, 1.54) is 6.42 Å². The molecule has 6 rings (SSSR count). The van der Waals surface area contributed by atoms with Gasteiger partial charge in [-0.15, -0.1) is 0 Å². The first-order valence-corrected chi connectivity index (χ1v) is 15.2. The predicted molar refractivity (Wildman–Crippen MR) is 150 cm³/mol. The van der Waals surface area contributed by atoms with Crippen LogP contribution in [0.25, 0.3) is 0 Å². The molecule has 1 heterocycles. The van der Waals surface area contributed by atoms with Gasteiger partial charge in [0.05, 0.1) is 11.7 Å². The van der Waals surface area contributed by atoms with Crippen molar-refractivity contribution in [3.05, 3.63) is 0 Å². The van der Waals surface area contributed by atoms with E-state index in [1.54, 1.807) is 6.92 Å². The smallest absolute Gasteiger partial charge is 0.405 e. The molecule has 8 heteroatoms. The van der Waals surface area contributed by atoms with Crippen LogP contribution in [0.2, 0.25) is 6.32 Å². The SMILES string of the molecule is CC(=O)N[C@@]1(C(=O)NC(C)(C)C)C[C@H]2C[C@@H](N(C)C)C[C@H]2[C@@H]1CCCB1O[C@@H]2C[C@@H]3C[C@@H](C3(C)C)[C@]2(C)O1. The Labute approximate surface area is 231 Å². The lowest BCUT2D eigenvalue weighted by Gasteiger charge is -2.64. The number of carbonyl (C=O) groups is 2. The molecule has 0 aromatic rings. The predicted octanol–water partition coefficient (Wildman–Crippen LogP) is 4.26. The zero-order valence-electron chi connectivity index (χ0n) is 25.4. The Morgan fingerprint density at radius 1 is 1.08 bits per heavy atom. The van der Waals surface area contributed by atoms with E-state index in [1.807, 2.05) is 20.8 Å². The number of nitrogens with one attached hydrogen (secondary N) is 2. The van der Waals surface area contributed by atoms with Crippen LogP contribution in [0.5, 0.6) is 0 Å². The van der Waals surface area contributed by atoms with Crippen LogP contribution in [0.1, 0.15) is 93.4 Å². The van der Waals surface area contributed by atoms with Gasteiger partial charge in [-0.1, -0.05) is 20.3 Å². The molecule has 0 aromatic carbocycles. The van der Waals surface area contributed by atoms with Crippen molar-refractivity contribution in [2.45, 2.75) is 129 Å². The van der Waals surface area contributed by atoms with Crippen LogP contribution in [0.15, 0.2) is 0 Å². The van der Waals surface area contributed by atoms with Crippen LogP contribution in [-0.2, 0) is 18.9 Å². The second-order valence-electron chi connectivity index (χ2n) is 15.5. The number of amides is 2. The van der Waals surface area contributed by atoms with E-state index >= 15 is 0 Å². The van der Waals surface area contributed by atoms with E-state index in [0.717, 1.165) is 50.8 Å². The van der Waals surface area contributed by atoms with E-state index in [9.17, 15) is 9.59 Å². The third-order valence-electron chi connectivity index (χ3n) is 11.4. The zero-order chi connectivity index (χ0) is 27.8. The van der Waals surface area contributed by atoms with E-state index in [4.69, 9.17) is 9.31 Å². The fourth-order valence-corrected chi connectivity index (χ4v) is 9.47. The summed E-state index contributed by atoms with van der Waals surface area (Å²) in [7, 11) is 4.15. The Morgan fingerprint density at radius 3 is 2.39 bits per heavy atom. The largest absolute Gasteiger partial charge is 0.457 e. The Hall–Kier alpha value is -1.12. The van der Waals surface area contributed by atoms with E-state index < -0.39 is 5.54 Å². The molecular weight excluding hydrogens is 477 g/mol. The molecule has 1 saturated heterocycles. The quantitative estimate of drug-likeness (QED) is 0.482. The number of rotatable bonds is 7. The van der Waals surface area contributed by atoms with Crippen molar-refractivity contribution >= 4 is 18.9 Å². The van der Waals surface area contributed by atoms with Crippen molar-refractivity contribution in [3.63, 3.8) is 0 Å². The molecule has 38 heavy (non-hydrogen) atoms. The van der Waals surface area contributed by atoms with Crippen LogP contribution in [-0.4, -0.2) is 66.8 Å². The third kappa shape index (κ3) is 4.64. The minimum absolute atomic E-state index is 0.0186. The summed E-state index contributed by atoms with van der Waals surface area (Å²) in [5.74, 6) is 2.15. The Morgan fingerprint density at radius 2 is 1.79 bits per heavy atom. The summed E-state index contributed by atoms with van der Waals surface area (Å²) in [6.45, 7) is 14.7. The zero-order valence-corrected chi connectivity index (χ0v) is 25.4. The van der Waals surface area contributed by atoms with Gasteiger partial charge in [0.1, 0.15) is 5.54 Å². The van der Waals surface area contributed by atoms with Gasteiger partial charge in [-0.05, 0) is 122 Å². The lowest BCUT2D eigenvalue weighted by molar-refractivity contribution is -0.199. The molecule has 1 aliphatic heterocycles. The number of hydrogen-bond acceptors (Lipinski definition) is 5. The monoisotopic (exact) mass is 529 g/mol. The molecule has 2 bridgehead atoms. The summed E-state index contributed by atoms with van der Waals surface area (Å²) in [5, 5.41) is 6.45. The molecule has 7 nitrogen and oxygen atoms in total. The number of nitrogens with zero attached hydrogens (tertiary/aromatic N) is 1. The normalized spacial score (nSPS) is 43.0. The number of carbonyl (C=O) groups excluding carboxylic acids is 2. The maximum atomic E-state index is 13.9. The molecule has 2 amide bonds. The lowest BCUT2D eigenvalue weighted by atomic mass is 9.43. The molecule has 5 saturated carbocycles. The first-order chi connectivity index (χ1) is 17.6. The van der Waals surface area contributed by atoms with Gasteiger partial charge in [0.2, 0.25) is 11.8 Å². The summed E-state index contributed by atoms with van der Waals surface area (Å²) in [5.41, 5.74) is -1.05. The van der Waals surface area contributed by atoms with Gasteiger partial charge in [0.25, 0.3) is 0 Å². The van der Waals surface area contributed by atoms with Crippen LogP contribution < -0.4 is 10.6 Å². The molecule has 0 unspecified atom stereocenters. The van der Waals surface area contributed by atoms with Crippen LogP contribution in [0.3, 0.4) is 0 Å². The van der Waals surface area contributed by atoms with E-state index in [2.05, 4.69) is 50.4 Å². The second kappa shape index (κ2) is 9.48. The maximum absolute atomic E-state index is 13.9. The van der Waals surface area contributed by atoms with Crippen LogP contribution in [0.4, 0.5) is 0 Å². The summed E-state index contributed by atoms with van der Waals surface area (Å²) in [6, 6.07) is 0.535. The van der Waals surface area contributed by atoms with Gasteiger partial charge >= 0.3 is 7.12 Å². The molecule has 0 aromatic heterocycles. The minimum Gasteiger partial charge on any atom is -0.405 e. The van der Waals surface area contributed by atoms with Gasteiger partial charge in [-0.25, -0.2) is 0 Å². The van der Waals surface area contributed by atoms with Crippen molar-refractivity contribution in [2.75, 3.05) is 14.1 Å². The van der Waals surface area contributed by atoms with Crippen LogP contribution >= 0.6 is 0 Å². The van der Waals surface area contributed by atoms with Crippen molar-refractivity contribution in [1.82, 2.24) is 15.5 Å². The van der Waals surface area contributed by atoms with Crippen molar-refractivity contribution in [3.8, 4) is 0 Å². The molecule has 2 N–H and O–H groups in total. The first-order valence-electron chi connectivity index (χ1n) is 15.2. The van der Waals surface area contributed by atoms with Crippen molar-refractivity contribution in [2.24, 2.45) is 35.0 Å². The molecule has 0 spiro atoms. The highest BCUT2D eigenvalue weighted by atomic mass is 16.7. The fraction of sp³-hybridized carbons (Fsp3) is 0.933. The van der Waals surface area contributed by atoms with E-state index in [0.29, 0.717) is 29.2 Å². The molecule has 9 atom stereocenters.